The summed E-state index contributed by atoms with van der Waals surface area (Å²) in [6.45, 7) is 2.54. The van der Waals surface area contributed by atoms with Crippen LogP contribution in [0.5, 0.6) is 0 Å². The molecule has 92 valence electrons. The Hall–Kier alpha value is -0.390. The Morgan fingerprint density at radius 1 is 1.25 bits per heavy atom. The van der Waals surface area contributed by atoms with E-state index in [9.17, 15) is 8.42 Å². The molecule has 2 unspecified atom stereocenters. The van der Waals surface area contributed by atoms with Crippen LogP contribution in [-0.2, 0) is 9.84 Å². The van der Waals surface area contributed by atoms with E-state index in [-0.39, 0.29) is 6.04 Å². The molecule has 0 aromatic rings. The minimum atomic E-state index is -2.78. The van der Waals surface area contributed by atoms with Crippen LogP contribution < -0.4 is 5.73 Å². The first kappa shape index (κ1) is 12.1. The van der Waals surface area contributed by atoms with E-state index in [1.807, 2.05) is 0 Å². The van der Waals surface area contributed by atoms with Gasteiger partial charge in [-0.1, -0.05) is 12.2 Å². The van der Waals surface area contributed by atoms with E-state index in [2.05, 4.69) is 17.1 Å². The first-order valence-corrected chi connectivity index (χ1v) is 7.74. The van der Waals surface area contributed by atoms with E-state index in [4.69, 9.17) is 5.73 Å². The third kappa shape index (κ3) is 3.30. The average molecular weight is 244 g/mol. The summed E-state index contributed by atoms with van der Waals surface area (Å²) >= 11 is 0. The fraction of sp³-hybridized carbons (Fsp3) is 0.818. The fourth-order valence-corrected chi connectivity index (χ4v) is 3.76. The van der Waals surface area contributed by atoms with Crippen molar-refractivity contribution in [1.29, 1.82) is 0 Å². The summed E-state index contributed by atoms with van der Waals surface area (Å²) in [5.41, 5.74) is 5.80. The molecule has 16 heavy (non-hydrogen) atoms. The smallest absolute Gasteiger partial charge is 0.151 e. The molecule has 4 nitrogen and oxygen atoms in total. The number of nitrogens with zero attached hydrogens (tertiary/aromatic N) is 1. The molecule has 0 aromatic carbocycles. The van der Waals surface area contributed by atoms with Crippen molar-refractivity contribution in [3.05, 3.63) is 12.2 Å². The minimum Gasteiger partial charge on any atom is -0.324 e. The Kier molecular flexibility index (Phi) is 3.66. The van der Waals surface area contributed by atoms with Crippen molar-refractivity contribution >= 4 is 9.84 Å². The molecule has 2 rings (SSSR count). The molecule has 1 aliphatic carbocycles. The normalized spacial score (nSPS) is 35.1. The molecule has 2 atom stereocenters. The van der Waals surface area contributed by atoms with Crippen LogP contribution in [0.2, 0.25) is 0 Å². The van der Waals surface area contributed by atoms with E-state index in [1.54, 1.807) is 0 Å². The average Bonchev–Trinajstić information content (AvgIpc) is 2.52. The van der Waals surface area contributed by atoms with Gasteiger partial charge in [-0.2, -0.15) is 0 Å². The van der Waals surface area contributed by atoms with Gasteiger partial charge in [0, 0.05) is 19.1 Å². The molecule has 0 radical (unpaired) electrons. The van der Waals surface area contributed by atoms with Crippen LogP contribution in [0.15, 0.2) is 12.2 Å². The molecular formula is C11H20N2O2S. The van der Waals surface area contributed by atoms with Gasteiger partial charge in [-0.15, -0.1) is 0 Å². The van der Waals surface area contributed by atoms with Crippen LogP contribution in [-0.4, -0.2) is 50.5 Å². The highest BCUT2D eigenvalue weighted by molar-refractivity contribution is 7.91. The van der Waals surface area contributed by atoms with Crippen molar-refractivity contribution in [3.63, 3.8) is 0 Å². The molecule has 0 aromatic heterocycles. The second kappa shape index (κ2) is 4.85. The first-order chi connectivity index (χ1) is 7.55. The lowest BCUT2D eigenvalue weighted by atomic mass is 10.1. The maximum absolute atomic E-state index is 11.4. The van der Waals surface area contributed by atoms with Crippen molar-refractivity contribution in [3.8, 4) is 0 Å². The van der Waals surface area contributed by atoms with Crippen LogP contribution >= 0.6 is 0 Å². The molecule has 2 N–H and O–H groups in total. The number of hydrogen-bond acceptors (Lipinski definition) is 4. The van der Waals surface area contributed by atoms with Crippen molar-refractivity contribution in [1.82, 2.24) is 4.90 Å². The summed E-state index contributed by atoms with van der Waals surface area (Å²) in [5, 5.41) is 0. The van der Waals surface area contributed by atoms with E-state index < -0.39 is 9.84 Å². The minimum absolute atomic E-state index is 0.195. The Morgan fingerprint density at radius 2 is 2.06 bits per heavy atom. The van der Waals surface area contributed by atoms with Crippen LogP contribution in [0.3, 0.4) is 0 Å². The van der Waals surface area contributed by atoms with Gasteiger partial charge in [0.25, 0.3) is 0 Å². The Labute approximate surface area is 97.4 Å². The quantitative estimate of drug-likeness (QED) is 0.695. The molecular weight excluding hydrogens is 224 g/mol. The highest BCUT2D eigenvalue weighted by atomic mass is 32.2. The molecule has 1 fully saturated rings. The molecule has 5 heteroatoms. The van der Waals surface area contributed by atoms with Crippen molar-refractivity contribution < 1.29 is 8.42 Å². The zero-order valence-corrected chi connectivity index (χ0v) is 10.3. The van der Waals surface area contributed by atoms with Gasteiger partial charge < -0.3 is 10.6 Å². The molecule has 0 amide bonds. The van der Waals surface area contributed by atoms with Crippen LogP contribution in [0.4, 0.5) is 0 Å². The predicted molar refractivity (Wildman–Crippen MR) is 64.9 cm³/mol. The van der Waals surface area contributed by atoms with Crippen LogP contribution in [0.25, 0.3) is 0 Å². The van der Waals surface area contributed by atoms with Crippen molar-refractivity contribution in [2.45, 2.75) is 18.9 Å². The lowest BCUT2D eigenvalue weighted by Gasteiger charge is -2.22. The fourth-order valence-electron chi connectivity index (χ4n) is 2.45. The molecule has 0 spiro atoms. The summed E-state index contributed by atoms with van der Waals surface area (Å²) in [6.07, 6.45) is 6.00. The zero-order chi connectivity index (χ0) is 11.6. The Balaban J connectivity index is 1.85. The van der Waals surface area contributed by atoms with Crippen molar-refractivity contribution in [2.24, 2.45) is 11.7 Å². The number of sulfone groups is 1. The SMILES string of the molecule is NC1C=CC(CN2CCCS(=O)(=O)CC2)C1. The zero-order valence-electron chi connectivity index (χ0n) is 9.51. The monoisotopic (exact) mass is 244 g/mol. The summed E-state index contributed by atoms with van der Waals surface area (Å²) in [4.78, 5) is 2.26. The Morgan fingerprint density at radius 3 is 2.75 bits per heavy atom. The summed E-state index contributed by atoms with van der Waals surface area (Å²) < 4.78 is 22.9. The maximum Gasteiger partial charge on any atom is 0.151 e. The van der Waals surface area contributed by atoms with E-state index in [0.717, 1.165) is 25.9 Å². The van der Waals surface area contributed by atoms with Gasteiger partial charge >= 0.3 is 0 Å². The summed E-state index contributed by atoms with van der Waals surface area (Å²) in [7, 11) is -2.78. The highest BCUT2D eigenvalue weighted by Gasteiger charge is 2.22. The molecule has 2 aliphatic rings. The molecule has 0 saturated carbocycles. The standard InChI is InChI=1S/C11H20N2O2S/c12-11-3-2-10(8-11)9-13-4-1-6-16(14,15)7-5-13/h2-3,10-11H,1,4-9,12H2. The summed E-state index contributed by atoms with van der Waals surface area (Å²) in [6, 6.07) is 0.195. The molecule has 1 aliphatic heterocycles. The lowest BCUT2D eigenvalue weighted by Crippen LogP contribution is -2.32. The highest BCUT2D eigenvalue weighted by Crippen LogP contribution is 2.18. The largest absolute Gasteiger partial charge is 0.324 e. The van der Waals surface area contributed by atoms with Gasteiger partial charge in [0.05, 0.1) is 11.5 Å². The van der Waals surface area contributed by atoms with Gasteiger partial charge in [-0.05, 0) is 25.3 Å². The van der Waals surface area contributed by atoms with Gasteiger partial charge in [0.2, 0.25) is 0 Å². The maximum atomic E-state index is 11.4. The van der Waals surface area contributed by atoms with E-state index in [0.29, 0.717) is 24.0 Å². The predicted octanol–water partition coefficient (Wildman–Crippen LogP) is 0.0103. The number of hydrogen-bond donors (Lipinski definition) is 1. The van der Waals surface area contributed by atoms with Gasteiger partial charge in [0.1, 0.15) is 0 Å². The topological polar surface area (TPSA) is 63.4 Å². The second-order valence-electron chi connectivity index (χ2n) is 4.85. The van der Waals surface area contributed by atoms with Gasteiger partial charge in [-0.25, -0.2) is 8.42 Å². The number of rotatable bonds is 2. The third-order valence-corrected chi connectivity index (χ3v) is 5.06. The van der Waals surface area contributed by atoms with Crippen LogP contribution in [0.1, 0.15) is 12.8 Å². The molecule has 0 bridgehead atoms. The van der Waals surface area contributed by atoms with Gasteiger partial charge in [-0.3, -0.25) is 0 Å². The third-order valence-electron chi connectivity index (χ3n) is 3.35. The van der Waals surface area contributed by atoms with E-state index >= 15 is 0 Å². The Bertz CT molecular complexity index is 364. The molecule has 1 saturated heterocycles. The second-order valence-corrected chi connectivity index (χ2v) is 7.15. The lowest BCUT2D eigenvalue weighted by molar-refractivity contribution is 0.263. The van der Waals surface area contributed by atoms with Crippen molar-refractivity contribution in [2.75, 3.05) is 31.1 Å². The summed E-state index contributed by atoms with van der Waals surface area (Å²) in [5.74, 6) is 1.18. The molecule has 1 heterocycles. The number of nitrogens with two attached hydrogens (primary N) is 1. The van der Waals surface area contributed by atoms with Gasteiger partial charge in [0.15, 0.2) is 9.84 Å². The van der Waals surface area contributed by atoms with E-state index in [1.165, 1.54) is 0 Å². The first-order valence-electron chi connectivity index (χ1n) is 5.92. The van der Waals surface area contributed by atoms with Crippen LogP contribution in [0, 0.1) is 5.92 Å².